The van der Waals surface area contributed by atoms with Crippen molar-refractivity contribution in [2.75, 3.05) is 5.32 Å². The van der Waals surface area contributed by atoms with Crippen molar-refractivity contribution in [1.29, 1.82) is 0 Å². The van der Waals surface area contributed by atoms with Gasteiger partial charge < -0.3 is 0 Å². The molecular weight excluding hydrogens is 366 g/mol. The predicted octanol–water partition coefficient (Wildman–Crippen LogP) is 5.42. The molecule has 0 aliphatic carbocycles. The Morgan fingerprint density at radius 2 is 1.67 bits per heavy atom. The van der Waals surface area contributed by atoms with Gasteiger partial charge in [0.15, 0.2) is 10.9 Å². The maximum atomic E-state index is 13.7. The maximum absolute atomic E-state index is 13.7. The van der Waals surface area contributed by atoms with E-state index in [9.17, 15) is 13.6 Å². The van der Waals surface area contributed by atoms with E-state index in [0.717, 1.165) is 29.4 Å². The van der Waals surface area contributed by atoms with E-state index < -0.39 is 11.6 Å². The molecule has 0 atom stereocenters. The molecule has 134 valence electrons. The third kappa shape index (κ3) is 3.85. The zero-order chi connectivity index (χ0) is 18.8. The minimum absolute atomic E-state index is 0.0508. The first kappa shape index (κ1) is 17.3. The molecule has 0 bridgehead atoms. The Balaban J connectivity index is 1.49. The van der Waals surface area contributed by atoms with E-state index in [0.29, 0.717) is 10.3 Å². The molecule has 0 aliphatic heterocycles. The molecule has 0 aliphatic rings. The minimum atomic E-state index is -0.744. The van der Waals surface area contributed by atoms with Crippen molar-refractivity contribution >= 4 is 32.6 Å². The standard InChI is InChI=1S/C21H14F2N2OS/c22-16-11-17(23)19-18(12-16)27-21(24-19)25-20(26)15-8-6-14(7-9-15)10-13-4-2-1-3-5-13/h1-9,11-12H,10H2,(H,24,25,26). The molecule has 0 spiro atoms. The minimum Gasteiger partial charge on any atom is -0.298 e. The third-order valence-corrected chi connectivity index (χ3v) is 5.02. The topological polar surface area (TPSA) is 42.0 Å². The van der Waals surface area contributed by atoms with Gasteiger partial charge in [-0.05, 0) is 35.7 Å². The van der Waals surface area contributed by atoms with Crippen LogP contribution >= 0.6 is 11.3 Å². The second kappa shape index (κ2) is 7.25. The van der Waals surface area contributed by atoms with Gasteiger partial charge in [0.1, 0.15) is 11.3 Å². The molecule has 0 radical (unpaired) electrons. The van der Waals surface area contributed by atoms with Crippen LogP contribution in [0.15, 0.2) is 66.7 Å². The molecule has 3 aromatic carbocycles. The van der Waals surface area contributed by atoms with Gasteiger partial charge >= 0.3 is 0 Å². The van der Waals surface area contributed by atoms with Crippen LogP contribution in [0.1, 0.15) is 21.5 Å². The zero-order valence-corrected chi connectivity index (χ0v) is 14.9. The number of carbonyl (C=O) groups excluding carboxylic acids is 1. The van der Waals surface area contributed by atoms with Crippen molar-refractivity contribution in [2.24, 2.45) is 0 Å². The fourth-order valence-corrected chi connectivity index (χ4v) is 3.69. The molecule has 1 aromatic heterocycles. The van der Waals surface area contributed by atoms with Crippen LogP contribution in [0.25, 0.3) is 10.2 Å². The molecule has 0 fully saturated rings. The van der Waals surface area contributed by atoms with Gasteiger partial charge in [0.25, 0.3) is 5.91 Å². The van der Waals surface area contributed by atoms with Crippen molar-refractivity contribution in [2.45, 2.75) is 6.42 Å². The second-order valence-corrected chi connectivity index (χ2v) is 7.10. The fourth-order valence-electron chi connectivity index (χ4n) is 2.79. The van der Waals surface area contributed by atoms with E-state index in [1.54, 1.807) is 12.1 Å². The van der Waals surface area contributed by atoms with E-state index in [1.807, 2.05) is 30.3 Å². The number of halogens is 2. The number of nitrogens with one attached hydrogen (secondary N) is 1. The van der Waals surface area contributed by atoms with Crippen molar-refractivity contribution in [3.05, 3.63) is 95.1 Å². The molecule has 4 rings (SSSR count). The number of thiazole rings is 1. The molecule has 6 heteroatoms. The summed E-state index contributed by atoms with van der Waals surface area (Å²) in [6, 6.07) is 19.3. The lowest BCUT2D eigenvalue weighted by Crippen LogP contribution is -2.11. The number of rotatable bonds is 4. The largest absolute Gasteiger partial charge is 0.298 e. The normalized spacial score (nSPS) is 10.9. The molecule has 0 unspecified atom stereocenters. The van der Waals surface area contributed by atoms with Crippen LogP contribution in [0.4, 0.5) is 13.9 Å². The summed E-state index contributed by atoms with van der Waals surface area (Å²) in [4.78, 5) is 16.4. The zero-order valence-electron chi connectivity index (χ0n) is 14.1. The first-order valence-corrected chi connectivity index (χ1v) is 9.10. The number of hydrogen-bond donors (Lipinski definition) is 1. The predicted molar refractivity (Wildman–Crippen MR) is 103 cm³/mol. The summed E-state index contributed by atoms with van der Waals surface area (Å²) >= 11 is 1.03. The quantitative estimate of drug-likeness (QED) is 0.514. The van der Waals surface area contributed by atoms with Crippen LogP contribution < -0.4 is 5.32 Å². The lowest BCUT2D eigenvalue weighted by atomic mass is 10.0. The Hall–Kier alpha value is -3.12. The molecule has 27 heavy (non-hydrogen) atoms. The third-order valence-electron chi connectivity index (χ3n) is 4.10. The van der Waals surface area contributed by atoms with Crippen molar-refractivity contribution in [3.8, 4) is 0 Å². The summed E-state index contributed by atoms with van der Waals surface area (Å²) < 4.78 is 27.4. The molecule has 0 saturated carbocycles. The van der Waals surface area contributed by atoms with Gasteiger partial charge in [0.2, 0.25) is 0 Å². The van der Waals surface area contributed by atoms with Gasteiger partial charge in [-0.3, -0.25) is 10.1 Å². The Morgan fingerprint density at radius 3 is 2.41 bits per heavy atom. The highest BCUT2D eigenvalue weighted by molar-refractivity contribution is 7.22. The summed E-state index contributed by atoms with van der Waals surface area (Å²) in [6.07, 6.45) is 0.783. The summed E-state index contributed by atoms with van der Waals surface area (Å²) in [5.41, 5.74) is 2.81. The molecular formula is C21H14F2N2OS. The number of aromatic nitrogens is 1. The van der Waals surface area contributed by atoms with Gasteiger partial charge in [-0.1, -0.05) is 53.8 Å². The molecule has 1 heterocycles. The van der Waals surface area contributed by atoms with E-state index in [1.165, 1.54) is 11.6 Å². The monoisotopic (exact) mass is 380 g/mol. The van der Waals surface area contributed by atoms with Crippen LogP contribution in [-0.2, 0) is 6.42 Å². The van der Waals surface area contributed by atoms with Crippen LogP contribution in [-0.4, -0.2) is 10.9 Å². The highest BCUT2D eigenvalue weighted by atomic mass is 32.1. The first-order chi connectivity index (χ1) is 13.1. The second-order valence-electron chi connectivity index (χ2n) is 6.07. The number of amides is 1. The SMILES string of the molecule is O=C(Nc1nc2c(F)cc(F)cc2s1)c1ccc(Cc2ccccc2)cc1. The van der Waals surface area contributed by atoms with E-state index >= 15 is 0 Å². The Labute approximate surface area is 158 Å². The highest BCUT2D eigenvalue weighted by Crippen LogP contribution is 2.29. The van der Waals surface area contributed by atoms with Gasteiger partial charge in [-0.25, -0.2) is 13.8 Å². The van der Waals surface area contributed by atoms with Crippen LogP contribution in [0.3, 0.4) is 0 Å². The Morgan fingerprint density at radius 1 is 0.963 bits per heavy atom. The van der Waals surface area contributed by atoms with E-state index in [4.69, 9.17) is 0 Å². The molecule has 1 N–H and O–H groups in total. The average Bonchev–Trinajstić information content (AvgIpc) is 3.06. The molecule has 1 amide bonds. The van der Waals surface area contributed by atoms with Crippen LogP contribution in [0.2, 0.25) is 0 Å². The number of benzene rings is 3. The van der Waals surface area contributed by atoms with Crippen LogP contribution in [0, 0.1) is 11.6 Å². The summed E-state index contributed by atoms with van der Waals surface area (Å²) in [5, 5.41) is 2.87. The van der Waals surface area contributed by atoms with Gasteiger partial charge in [0, 0.05) is 11.6 Å². The Bertz CT molecular complexity index is 1110. The molecule has 0 saturated heterocycles. The fraction of sp³-hybridized carbons (Fsp3) is 0.0476. The van der Waals surface area contributed by atoms with E-state index in [2.05, 4.69) is 22.4 Å². The lowest BCUT2D eigenvalue weighted by Gasteiger charge is -2.05. The smallest absolute Gasteiger partial charge is 0.257 e. The van der Waals surface area contributed by atoms with Gasteiger partial charge in [0.05, 0.1) is 4.70 Å². The maximum Gasteiger partial charge on any atom is 0.257 e. The summed E-state index contributed by atoms with van der Waals surface area (Å²) in [5.74, 6) is -1.76. The first-order valence-electron chi connectivity index (χ1n) is 8.28. The summed E-state index contributed by atoms with van der Waals surface area (Å²) in [6.45, 7) is 0. The Kier molecular flexibility index (Phi) is 4.64. The lowest BCUT2D eigenvalue weighted by molar-refractivity contribution is 0.102. The summed E-state index contributed by atoms with van der Waals surface area (Å²) in [7, 11) is 0. The molecule has 3 nitrogen and oxygen atoms in total. The van der Waals surface area contributed by atoms with Crippen molar-refractivity contribution in [1.82, 2.24) is 4.98 Å². The number of fused-ring (bicyclic) bond motifs is 1. The number of carbonyl (C=O) groups is 1. The van der Waals surface area contributed by atoms with Gasteiger partial charge in [-0.2, -0.15) is 0 Å². The number of anilines is 1. The van der Waals surface area contributed by atoms with E-state index in [-0.39, 0.29) is 16.6 Å². The molecule has 4 aromatic rings. The van der Waals surface area contributed by atoms with Crippen LogP contribution in [0.5, 0.6) is 0 Å². The van der Waals surface area contributed by atoms with Crippen molar-refractivity contribution in [3.63, 3.8) is 0 Å². The van der Waals surface area contributed by atoms with Gasteiger partial charge in [-0.15, -0.1) is 0 Å². The number of hydrogen-bond acceptors (Lipinski definition) is 3. The van der Waals surface area contributed by atoms with Crippen molar-refractivity contribution < 1.29 is 13.6 Å². The number of nitrogens with zero attached hydrogens (tertiary/aromatic N) is 1. The highest BCUT2D eigenvalue weighted by Gasteiger charge is 2.13. The average molecular weight is 380 g/mol.